The molecule has 4 atom stereocenters. The van der Waals surface area contributed by atoms with Gasteiger partial charge in [-0.3, -0.25) is 4.79 Å². The van der Waals surface area contributed by atoms with Crippen molar-refractivity contribution in [3.8, 4) is 0 Å². The number of hydrogen-bond acceptors (Lipinski definition) is 7. The summed E-state index contributed by atoms with van der Waals surface area (Å²) in [6, 6.07) is 7.95. The number of amides is 3. The van der Waals surface area contributed by atoms with E-state index in [4.69, 9.17) is 21.1 Å². The molecule has 1 aromatic carbocycles. The summed E-state index contributed by atoms with van der Waals surface area (Å²) in [6.07, 6.45) is 2.99. The number of anilines is 1. The highest BCUT2D eigenvalue weighted by Gasteiger charge is 2.40. The van der Waals surface area contributed by atoms with Crippen molar-refractivity contribution >= 4 is 29.2 Å². The maximum atomic E-state index is 13.1. The predicted molar refractivity (Wildman–Crippen MR) is 124 cm³/mol. The van der Waals surface area contributed by atoms with Gasteiger partial charge >= 0.3 is 6.03 Å². The van der Waals surface area contributed by atoms with Crippen molar-refractivity contribution in [2.75, 3.05) is 25.1 Å². The normalized spacial score (nSPS) is 24.9. The van der Waals surface area contributed by atoms with E-state index in [9.17, 15) is 14.7 Å². The van der Waals surface area contributed by atoms with Crippen LogP contribution in [0.1, 0.15) is 25.0 Å². The largest absolute Gasteiger partial charge is 0.389 e. The summed E-state index contributed by atoms with van der Waals surface area (Å²) in [6.45, 7) is 0.765. The number of aliphatic hydroxyl groups is 1. The van der Waals surface area contributed by atoms with Crippen molar-refractivity contribution in [3.05, 3.63) is 53.6 Å². The van der Waals surface area contributed by atoms with E-state index >= 15 is 0 Å². The first-order valence-electron chi connectivity index (χ1n) is 11.2. The zero-order valence-corrected chi connectivity index (χ0v) is 19.4. The molecule has 0 bridgehead atoms. The van der Waals surface area contributed by atoms with Gasteiger partial charge < -0.3 is 30.1 Å². The van der Waals surface area contributed by atoms with E-state index < -0.39 is 12.2 Å². The summed E-state index contributed by atoms with van der Waals surface area (Å²) >= 11 is 5.93. The second kappa shape index (κ2) is 11.6. The molecule has 4 rings (SSSR count). The Balaban J connectivity index is 1.36. The van der Waals surface area contributed by atoms with Gasteiger partial charge in [-0.2, -0.15) is 0 Å². The summed E-state index contributed by atoms with van der Waals surface area (Å²) in [4.78, 5) is 35.1. The third-order valence-electron chi connectivity index (χ3n) is 5.86. The molecule has 34 heavy (non-hydrogen) atoms. The van der Waals surface area contributed by atoms with Crippen LogP contribution < -0.4 is 10.6 Å². The molecule has 0 spiro atoms. The lowest BCUT2D eigenvalue weighted by Gasteiger charge is -2.44. The second-order valence-electron chi connectivity index (χ2n) is 8.40. The van der Waals surface area contributed by atoms with Gasteiger partial charge in [-0.1, -0.05) is 11.6 Å². The summed E-state index contributed by atoms with van der Waals surface area (Å²) in [7, 11) is 0. The van der Waals surface area contributed by atoms with E-state index in [-0.39, 0.29) is 50.3 Å². The number of aliphatic hydroxyl groups excluding tert-OH is 1. The monoisotopic (exact) mass is 489 g/mol. The van der Waals surface area contributed by atoms with Crippen LogP contribution in [0.25, 0.3) is 0 Å². The molecule has 2 fully saturated rings. The van der Waals surface area contributed by atoms with E-state index in [2.05, 4.69) is 20.6 Å². The third kappa shape index (κ3) is 6.63. The Bertz CT molecular complexity index is 964. The number of aromatic nitrogens is 2. The average molecular weight is 490 g/mol. The van der Waals surface area contributed by atoms with Crippen molar-refractivity contribution in [3.63, 3.8) is 0 Å². The molecule has 10 nitrogen and oxygen atoms in total. The van der Waals surface area contributed by atoms with Gasteiger partial charge in [0.1, 0.15) is 12.4 Å². The number of ether oxygens (including phenoxy) is 2. The Hall–Kier alpha value is -2.79. The zero-order chi connectivity index (χ0) is 23.9. The molecular formula is C23H28ClN5O5. The van der Waals surface area contributed by atoms with Crippen LogP contribution in [0.15, 0.2) is 42.9 Å². The first-order valence-corrected chi connectivity index (χ1v) is 11.6. The van der Waals surface area contributed by atoms with Crippen LogP contribution in [0.2, 0.25) is 5.02 Å². The average Bonchev–Trinajstić information content (AvgIpc) is 2.82. The van der Waals surface area contributed by atoms with Gasteiger partial charge in [0.2, 0.25) is 5.91 Å². The van der Waals surface area contributed by atoms with Crippen LogP contribution in [-0.2, 0) is 20.8 Å². The fourth-order valence-electron chi connectivity index (χ4n) is 4.19. The second-order valence-corrected chi connectivity index (χ2v) is 8.84. The van der Waals surface area contributed by atoms with Gasteiger partial charge in [-0.15, -0.1) is 0 Å². The van der Waals surface area contributed by atoms with Crippen molar-refractivity contribution in [2.24, 2.45) is 0 Å². The SMILES string of the molecule is O=C(C[C@@H]1CC[C@@H]2[C@H](COC[C@H](O)CN2C(=O)Nc2ccc(Cl)cc2)O1)NCc1ccncn1. The molecule has 3 N–H and O–H groups in total. The number of carbonyl (C=O) groups is 2. The number of β-amino-alcohol motifs (C(OH)–C–C–N with tert-alkyl or cyclic N) is 1. The van der Waals surface area contributed by atoms with Gasteiger partial charge in [0.15, 0.2) is 0 Å². The number of fused-ring (bicyclic) bond motifs is 1. The minimum atomic E-state index is -0.804. The minimum Gasteiger partial charge on any atom is -0.389 e. The molecule has 11 heteroatoms. The molecule has 2 saturated heterocycles. The third-order valence-corrected chi connectivity index (χ3v) is 6.11. The topological polar surface area (TPSA) is 126 Å². The van der Waals surface area contributed by atoms with Crippen molar-refractivity contribution < 1.29 is 24.2 Å². The summed E-state index contributed by atoms with van der Waals surface area (Å²) in [5.41, 5.74) is 1.33. The molecule has 0 unspecified atom stereocenters. The quantitative estimate of drug-likeness (QED) is 0.586. The highest BCUT2D eigenvalue weighted by Crippen LogP contribution is 2.28. The van der Waals surface area contributed by atoms with Crippen molar-refractivity contribution in [2.45, 2.75) is 50.2 Å². The molecule has 0 aliphatic carbocycles. The summed E-state index contributed by atoms with van der Waals surface area (Å²) in [5.74, 6) is -0.137. The highest BCUT2D eigenvalue weighted by molar-refractivity contribution is 6.30. The summed E-state index contributed by atoms with van der Waals surface area (Å²) < 4.78 is 11.8. The molecule has 3 amide bonds. The fourth-order valence-corrected chi connectivity index (χ4v) is 4.32. The highest BCUT2D eigenvalue weighted by atomic mass is 35.5. The number of carbonyl (C=O) groups excluding carboxylic acids is 2. The Morgan fingerprint density at radius 3 is 2.76 bits per heavy atom. The Morgan fingerprint density at radius 2 is 2.00 bits per heavy atom. The van der Waals surface area contributed by atoms with E-state index in [0.717, 1.165) is 5.69 Å². The minimum absolute atomic E-state index is 0.0986. The number of nitrogens with one attached hydrogen (secondary N) is 2. The lowest BCUT2D eigenvalue weighted by Crippen LogP contribution is -2.58. The van der Waals surface area contributed by atoms with Crippen LogP contribution >= 0.6 is 11.6 Å². The Morgan fingerprint density at radius 1 is 1.18 bits per heavy atom. The van der Waals surface area contributed by atoms with Gasteiger partial charge in [0.05, 0.1) is 56.7 Å². The molecule has 3 heterocycles. The number of nitrogens with zero attached hydrogens (tertiary/aromatic N) is 3. The standard InChI is InChI=1S/C23H28ClN5O5/c24-15-1-3-16(4-2-15)28-23(32)29-11-18(30)12-33-13-21-20(29)6-5-19(34-21)9-22(31)26-10-17-7-8-25-14-27-17/h1-4,7-8,14,18-21,30H,5-6,9-13H2,(H,26,31)(H,28,32)/t18-,19+,20-,21+/m1/s1. The Kier molecular flexibility index (Phi) is 8.28. The number of hydrogen-bond donors (Lipinski definition) is 3. The van der Waals surface area contributed by atoms with E-state index in [1.165, 1.54) is 6.33 Å². The first kappa shape index (κ1) is 24.3. The van der Waals surface area contributed by atoms with Crippen LogP contribution in [-0.4, -0.2) is 76.0 Å². The van der Waals surface area contributed by atoms with Crippen molar-refractivity contribution in [1.82, 2.24) is 20.2 Å². The van der Waals surface area contributed by atoms with Crippen LogP contribution in [0.3, 0.4) is 0 Å². The van der Waals surface area contributed by atoms with Crippen LogP contribution in [0.5, 0.6) is 0 Å². The maximum Gasteiger partial charge on any atom is 0.322 e. The zero-order valence-electron chi connectivity index (χ0n) is 18.6. The van der Waals surface area contributed by atoms with E-state index in [1.54, 1.807) is 41.4 Å². The Labute approximate surface area is 202 Å². The molecular weight excluding hydrogens is 462 g/mol. The van der Waals surface area contributed by atoms with Gasteiger partial charge in [-0.25, -0.2) is 14.8 Å². The first-order chi connectivity index (χ1) is 16.5. The molecule has 2 aliphatic rings. The molecule has 0 saturated carbocycles. The fraction of sp³-hybridized carbons (Fsp3) is 0.478. The lowest BCUT2D eigenvalue weighted by atomic mass is 9.95. The molecule has 1 aromatic heterocycles. The number of rotatable bonds is 5. The van der Waals surface area contributed by atoms with Crippen LogP contribution in [0, 0.1) is 0 Å². The smallest absolute Gasteiger partial charge is 0.322 e. The predicted octanol–water partition coefficient (Wildman–Crippen LogP) is 1.98. The number of halogens is 1. The molecule has 0 radical (unpaired) electrons. The van der Waals surface area contributed by atoms with Crippen molar-refractivity contribution in [1.29, 1.82) is 0 Å². The lowest BCUT2D eigenvalue weighted by molar-refractivity contribution is -0.149. The van der Waals surface area contributed by atoms with Crippen LogP contribution in [0.4, 0.5) is 10.5 Å². The molecule has 182 valence electrons. The number of benzene rings is 1. The van der Waals surface area contributed by atoms with E-state index in [0.29, 0.717) is 30.1 Å². The molecule has 2 aliphatic heterocycles. The van der Waals surface area contributed by atoms with Gasteiger partial charge in [0.25, 0.3) is 0 Å². The molecule has 2 aromatic rings. The van der Waals surface area contributed by atoms with Gasteiger partial charge in [0, 0.05) is 16.9 Å². The summed E-state index contributed by atoms with van der Waals surface area (Å²) in [5, 5.41) is 16.6. The number of urea groups is 1. The van der Waals surface area contributed by atoms with E-state index in [1.807, 2.05) is 0 Å². The van der Waals surface area contributed by atoms with Gasteiger partial charge in [-0.05, 0) is 43.2 Å². The maximum absolute atomic E-state index is 13.1.